The van der Waals surface area contributed by atoms with Crippen LogP contribution in [0.5, 0.6) is 5.75 Å². The molecule has 0 saturated carbocycles. The maximum Gasteiger partial charge on any atom is 0.265 e. The number of amides is 1. The number of hydrogen-bond donors (Lipinski definition) is 1. The largest absolute Gasteiger partial charge is 0.478 e. The zero-order chi connectivity index (χ0) is 21.8. The molecule has 4 aromatic rings. The summed E-state index contributed by atoms with van der Waals surface area (Å²) >= 11 is 0. The Morgan fingerprint density at radius 1 is 1.03 bits per heavy atom. The van der Waals surface area contributed by atoms with E-state index in [-0.39, 0.29) is 11.6 Å². The number of para-hydroxylation sites is 2. The molecule has 31 heavy (non-hydrogen) atoms. The van der Waals surface area contributed by atoms with Crippen molar-refractivity contribution < 1.29 is 18.4 Å². The number of halogens is 1. The standard InChI is InChI=1S/C24H20FN3O3/c1-15-11-13-17(14-12-15)22-27-24(31-28-22)18-7-3-5-9-20(18)26-23(29)16(2)30-21-10-6-4-8-19(21)25/h3-14,16H,1-2H3,(H,26,29). The lowest BCUT2D eigenvalue weighted by Crippen LogP contribution is -2.30. The van der Waals surface area contributed by atoms with Crippen LogP contribution < -0.4 is 10.1 Å². The van der Waals surface area contributed by atoms with Crippen molar-refractivity contribution in [2.45, 2.75) is 20.0 Å². The molecular weight excluding hydrogens is 397 g/mol. The van der Waals surface area contributed by atoms with Gasteiger partial charge in [-0.05, 0) is 38.1 Å². The zero-order valence-electron chi connectivity index (χ0n) is 17.0. The number of anilines is 1. The molecule has 6 nitrogen and oxygen atoms in total. The second-order valence-corrected chi connectivity index (χ2v) is 7.01. The van der Waals surface area contributed by atoms with E-state index in [1.165, 1.54) is 12.1 Å². The minimum Gasteiger partial charge on any atom is -0.478 e. The van der Waals surface area contributed by atoms with Gasteiger partial charge in [-0.3, -0.25) is 4.79 Å². The summed E-state index contributed by atoms with van der Waals surface area (Å²) in [6.07, 6.45) is -0.921. The van der Waals surface area contributed by atoms with Crippen molar-refractivity contribution in [3.63, 3.8) is 0 Å². The van der Waals surface area contributed by atoms with Gasteiger partial charge in [-0.25, -0.2) is 4.39 Å². The van der Waals surface area contributed by atoms with Crippen LogP contribution in [0, 0.1) is 12.7 Å². The van der Waals surface area contributed by atoms with E-state index in [0.717, 1.165) is 11.1 Å². The first-order valence-electron chi connectivity index (χ1n) is 9.73. The number of aromatic nitrogens is 2. The van der Waals surface area contributed by atoms with E-state index in [0.29, 0.717) is 17.1 Å². The molecule has 0 radical (unpaired) electrons. The van der Waals surface area contributed by atoms with Gasteiger partial charge in [-0.2, -0.15) is 4.98 Å². The molecule has 156 valence electrons. The Labute approximate surface area is 178 Å². The van der Waals surface area contributed by atoms with Crippen molar-refractivity contribution >= 4 is 11.6 Å². The van der Waals surface area contributed by atoms with Crippen molar-refractivity contribution in [3.8, 4) is 28.6 Å². The van der Waals surface area contributed by atoms with E-state index in [4.69, 9.17) is 9.26 Å². The first-order valence-corrected chi connectivity index (χ1v) is 9.73. The fraction of sp³-hybridized carbons (Fsp3) is 0.125. The summed E-state index contributed by atoms with van der Waals surface area (Å²) in [5, 5.41) is 6.84. The van der Waals surface area contributed by atoms with Crippen molar-refractivity contribution in [3.05, 3.63) is 84.2 Å². The molecule has 0 fully saturated rings. The van der Waals surface area contributed by atoms with Gasteiger partial charge < -0.3 is 14.6 Å². The van der Waals surface area contributed by atoms with E-state index in [1.807, 2.05) is 31.2 Å². The Morgan fingerprint density at radius 3 is 2.52 bits per heavy atom. The number of aryl methyl sites for hydroxylation is 1. The highest BCUT2D eigenvalue weighted by atomic mass is 19.1. The molecule has 0 aliphatic carbocycles. The molecule has 7 heteroatoms. The molecule has 0 spiro atoms. The van der Waals surface area contributed by atoms with Crippen molar-refractivity contribution in [1.82, 2.24) is 10.1 Å². The highest BCUT2D eigenvalue weighted by Crippen LogP contribution is 2.29. The van der Waals surface area contributed by atoms with Crippen molar-refractivity contribution in [2.24, 2.45) is 0 Å². The number of hydrogen-bond acceptors (Lipinski definition) is 5. The lowest BCUT2D eigenvalue weighted by molar-refractivity contribution is -0.122. The van der Waals surface area contributed by atoms with Crippen LogP contribution in [0.3, 0.4) is 0 Å². The van der Waals surface area contributed by atoms with Crippen LogP contribution in [0.1, 0.15) is 12.5 Å². The Bertz CT molecular complexity index is 1200. The number of nitrogens with one attached hydrogen (secondary N) is 1. The van der Waals surface area contributed by atoms with Gasteiger partial charge in [0.2, 0.25) is 5.82 Å². The van der Waals surface area contributed by atoms with Crippen LogP contribution in [0.2, 0.25) is 0 Å². The van der Waals surface area contributed by atoms with Gasteiger partial charge >= 0.3 is 0 Å². The quantitative estimate of drug-likeness (QED) is 0.463. The molecule has 0 aliphatic heterocycles. The van der Waals surface area contributed by atoms with E-state index in [9.17, 15) is 9.18 Å². The Kier molecular flexibility index (Phi) is 5.75. The third-order valence-corrected chi connectivity index (χ3v) is 4.66. The number of carbonyl (C=O) groups is 1. The number of ether oxygens (including phenoxy) is 1. The summed E-state index contributed by atoms with van der Waals surface area (Å²) in [5.41, 5.74) is 3.01. The number of nitrogens with zero attached hydrogens (tertiary/aromatic N) is 2. The van der Waals surface area contributed by atoms with E-state index in [2.05, 4.69) is 15.5 Å². The minimum absolute atomic E-state index is 0.0121. The predicted molar refractivity (Wildman–Crippen MR) is 115 cm³/mol. The van der Waals surface area contributed by atoms with E-state index in [1.54, 1.807) is 43.3 Å². The van der Waals surface area contributed by atoms with Crippen LogP contribution in [-0.2, 0) is 4.79 Å². The molecule has 1 aromatic heterocycles. The maximum atomic E-state index is 13.8. The van der Waals surface area contributed by atoms with Crippen LogP contribution in [0.15, 0.2) is 77.3 Å². The smallest absolute Gasteiger partial charge is 0.265 e. The topological polar surface area (TPSA) is 77.2 Å². The van der Waals surface area contributed by atoms with Crippen LogP contribution in [-0.4, -0.2) is 22.2 Å². The number of rotatable bonds is 6. The highest BCUT2D eigenvalue weighted by Gasteiger charge is 2.20. The van der Waals surface area contributed by atoms with Gasteiger partial charge in [0.15, 0.2) is 17.7 Å². The summed E-state index contributed by atoms with van der Waals surface area (Å²) in [7, 11) is 0. The van der Waals surface area contributed by atoms with Crippen LogP contribution in [0.4, 0.5) is 10.1 Å². The SMILES string of the molecule is Cc1ccc(-c2noc(-c3ccccc3NC(=O)C(C)Oc3ccccc3F)n2)cc1. The van der Waals surface area contributed by atoms with E-state index >= 15 is 0 Å². The summed E-state index contributed by atoms with van der Waals surface area (Å²) in [6.45, 7) is 3.55. The monoisotopic (exact) mass is 417 g/mol. The molecular formula is C24H20FN3O3. The van der Waals surface area contributed by atoms with Gasteiger partial charge in [-0.15, -0.1) is 0 Å². The second kappa shape index (κ2) is 8.79. The lowest BCUT2D eigenvalue weighted by atomic mass is 10.1. The minimum atomic E-state index is -0.921. The first-order chi connectivity index (χ1) is 15.0. The molecule has 4 rings (SSSR count). The fourth-order valence-electron chi connectivity index (χ4n) is 2.95. The molecule has 0 saturated heterocycles. The Morgan fingerprint density at radius 2 is 1.74 bits per heavy atom. The fourth-order valence-corrected chi connectivity index (χ4v) is 2.95. The number of benzene rings is 3. The summed E-state index contributed by atoms with van der Waals surface area (Å²) in [6, 6.07) is 20.8. The normalized spacial score (nSPS) is 11.7. The Hall–Kier alpha value is -4.00. The number of carbonyl (C=O) groups excluding carboxylic acids is 1. The third kappa shape index (κ3) is 4.61. The average Bonchev–Trinajstić information content (AvgIpc) is 3.26. The van der Waals surface area contributed by atoms with Gasteiger partial charge in [0, 0.05) is 5.56 Å². The Balaban J connectivity index is 1.53. The molecule has 1 N–H and O–H groups in total. The summed E-state index contributed by atoms with van der Waals surface area (Å²) < 4.78 is 24.7. The summed E-state index contributed by atoms with van der Waals surface area (Å²) in [4.78, 5) is 17.1. The third-order valence-electron chi connectivity index (χ3n) is 4.66. The molecule has 1 atom stereocenters. The van der Waals surface area contributed by atoms with Gasteiger partial charge in [-0.1, -0.05) is 59.3 Å². The lowest BCUT2D eigenvalue weighted by Gasteiger charge is -2.16. The van der Waals surface area contributed by atoms with Gasteiger partial charge in [0.05, 0.1) is 11.3 Å². The molecule has 1 heterocycles. The zero-order valence-corrected chi connectivity index (χ0v) is 17.0. The molecule has 0 aliphatic rings. The van der Waals surface area contributed by atoms with E-state index < -0.39 is 17.8 Å². The van der Waals surface area contributed by atoms with Gasteiger partial charge in [0.25, 0.3) is 11.8 Å². The first kappa shape index (κ1) is 20.3. The predicted octanol–water partition coefficient (Wildman–Crippen LogP) is 5.26. The van der Waals surface area contributed by atoms with Crippen molar-refractivity contribution in [1.29, 1.82) is 0 Å². The molecule has 1 amide bonds. The van der Waals surface area contributed by atoms with Crippen molar-refractivity contribution in [2.75, 3.05) is 5.32 Å². The van der Waals surface area contributed by atoms with Gasteiger partial charge in [0.1, 0.15) is 0 Å². The molecule has 3 aromatic carbocycles. The second-order valence-electron chi connectivity index (χ2n) is 7.01. The average molecular weight is 417 g/mol. The molecule has 1 unspecified atom stereocenters. The van der Waals surface area contributed by atoms with Crippen LogP contribution in [0.25, 0.3) is 22.8 Å². The maximum absolute atomic E-state index is 13.8. The summed E-state index contributed by atoms with van der Waals surface area (Å²) in [5.74, 6) is -0.231. The van der Waals surface area contributed by atoms with Crippen LogP contribution >= 0.6 is 0 Å². The highest BCUT2D eigenvalue weighted by molar-refractivity contribution is 5.97. The molecule has 0 bridgehead atoms.